The van der Waals surface area contributed by atoms with Gasteiger partial charge in [0.05, 0.1) is 0 Å². The summed E-state index contributed by atoms with van der Waals surface area (Å²) in [5.74, 6) is 0.365. The van der Waals surface area contributed by atoms with Gasteiger partial charge in [-0.2, -0.15) is 0 Å². The molecule has 5 rings (SSSR count). The van der Waals surface area contributed by atoms with Gasteiger partial charge in [0.25, 0.3) is 0 Å². The topological polar surface area (TPSA) is 20.2 Å². The molecular formula is C25H20OS. The monoisotopic (exact) mass is 368 g/mol. The SMILES string of the molecule is CC1(C)c2cc(Sc3ccccc3)ccc2-c2c1cc(O)c1ccccc21. The Balaban J connectivity index is 1.71. The smallest absolute Gasteiger partial charge is 0.123 e. The van der Waals surface area contributed by atoms with Gasteiger partial charge in [-0.3, -0.25) is 0 Å². The molecule has 27 heavy (non-hydrogen) atoms. The lowest BCUT2D eigenvalue weighted by Crippen LogP contribution is -2.15. The van der Waals surface area contributed by atoms with Gasteiger partial charge in [-0.1, -0.05) is 74.1 Å². The van der Waals surface area contributed by atoms with Crippen molar-refractivity contribution in [3.8, 4) is 16.9 Å². The zero-order valence-electron chi connectivity index (χ0n) is 15.4. The predicted octanol–water partition coefficient (Wildman–Crippen LogP) is 7.00. The zero-order valence-corrected chi connectivity index (χ0v) is 16.2. The maximum absolute atomic E-state index is 10.6. The first-order valence-corrected chi connectivity index (χ1v) is 10.0. The second kappa shape index (κ2) is 5.90. The zero-order chi connectivity index (χ0) is 18.6. The minimum absolute atomic E-state index is 0.139. The van der Waals surface area contributed by atoms with Crippen LogP contribution in [0.2, 0.25) is 0 Å². The van der Waals surface area contributed by atoms with Crippen molar-refractivity contribution in [1.82, 2.24) is 0 Å². The molecule has 0 saturated heterocycles. The lowest BCUT2D eigenvalue weighted by Gasteiger charge is -2.22. The van der Waals surface area contributed by atoms with E-state index in [0.717, 1.165) is 10.8 Å². The average Bonchev–Trinajstić information content (AvgIpc) is 2.90. The van der Waals surface area contributed by atoms with E-state index >= 15 is 0 Å². The van der Waals surface area contributed by atoms with Crippen LogP contribution in [-0.2, 0) is 5.41 Å². The molecule has 1 aliphatic rings. The van der Waals surface area contributed by atoms with Gasteiger partial charge in [0, 0.05) is 20.6 Å². The molecule has 2 heteroatoms. The summed E-state index contributed by atoms with van der Waals surface area (Å²) in [6.45, 7) is 4.51. The quantitative estimate of drug-likeness (QED) is 0.411. The Morgan fingerprint density at radius 2 is 1.41 bits per heavy atom. The molecule has 0 amide bonds. The highest BCUT2D eigenvalue weighted by atomic mass is 32.2. The van der Waals surface area contributed by atoms with Crippen molar-refractivity contribution in [2.75, 3.05) is 0 Å². The number of rotatable bonds is 2. The standard InChI is InChI=1S/C25H20OS/c1-25(2)21-14-17(27-16-8-4-3-5-9-16)12-13-20(21)24-19-11-7-6-10-18(19)23(26)15-22(24)25/h3-15,26H,1-2H3. The number of hydrogen-bond donors (Lipinski definition) is 1. The summed E-state index contributed by atoms with van der Waals surface area (Å²) < 4.78 is 0. The Kier molecular flexibility index (Phi) is 3.60. The average molecular weight is 369 g/mol. The van der Waals surface area contributed by atoms with E-state index in [1.54, 1.807) is 11.8 Å². The van der Waals surface area contributed by atoms with Crippen LogP contribution in [0.3, 0.4) is 0 Å². The van der Waals surface area contributed by atoms with Crippen molar-refractivity contribution in [1.29, 1.82) is 0 Å². The van der Waals surface area contributed by atoms with Crippen molar-refractivity contribution in [3.63, 3.8) is 0 Å². The highest BCUT2D eigenvalue weighted by Crippen LogP contribution is 2.53. The van der Waals surface area contributed by atoms with E-state index < -0.39 is 0 Å². The number of phenols is 1. The molecule has 4 aromatic carbocycles. The number of benzene rings is 4. The molecular weight excluding hydrogens is 348 g/mol. The van der Waals surface area contributed by atoms with Crippen LogP contribution >= 0.6 is 11.8 Å². The van der Waals surface area contributed by atoms with Gasteiger partial charge in [0.1, 0.15) is 5.75 Å². The number of hydrogen-bond acceptors (Lipinski definition) is 2. The molecule has 0 unspecified atom stereocenters. The van der Waals surface area contributed by atoms with Crippen LogP contribution in [0, 0.1) is 0 Å². The van der Waals surface area contributed by atoms with Crippen molar-refractivity contribution >= 4 is 22.5 Å². The summed E-state index contributed by atoms with van der Waals surface area (Å²) in [6.07, 6.45) is 0. The van der Waals surface area contributed by atoms with Crippen LogP contribution in [0.1, 0.15) is 25.0 Å². The van der Waals surface area contributed by atoms with Crippen molar-refractivity contribution in [3.05, 3.63) is 90.0 Å². The van der Waals surface area contributed by atoms with E-state index in [4.69, 9.17) is 0 Å². The van der Waals surface area contributed by atoms with Crippen molar-refractivity contribution in [2.24, 2.45) is 0 Å². The van der Waals surface area contributed by atoms with Crippen LogP contribution < -0.4 is 0 Å². The molecule has 0 aromatic heterocycles. The lowest BCUT2D eigenvalue weighted by molar-refractivity contribution is 0.479. The fourth-order valence-electron chi connectivity index (χ4n) is 4.23. The van der Waals surface area contributed by atoms with Crippen molar-refractivity contribution in [2.45, 2.75) is 29.1 Å². The largest absolute Gasteiger partial charge is 0.507 e. The van der Waals surface area contributed by atoms with Crippen LogP contribution in [0.4, 0.5) is 0 Å². The number of aromatic hydroxyl groups is 1. The second-order valence-corrected chi connectivity index (χ2v) is 8.76. The maximum atomic E-state index is 10.6. The predicted molar refractivity (Wildman–Crippen MR) is 114 cm³/mol. The van der Waals surface area contributed by atoms with E-state index in [9.17, 15) is 5.11 Å². The van der Waals surface area contributed by atoms with Crippen LogP contribution in [-0.4, -0.2) is 5.11 Å². The summed E-state index contributed by atoms with van der Waals surface area (Å²) in [5, 5.41) is 12.6. The third-order valence-electron chi connectivity index (χ3n) is 5.61. The third kappa shape index (κ3) is 2.48. The van der Waals surface area contributed by atoms with Crippen LogP contribution in [0.25, 0.3) is 21.9 Å². The molecule has 1 aliphatic carbocycles. The Morgan fingerprint density at radius 1 is 0.704 bits per heavy atom. The number of fused-ring (bicyclic) bond motifs is 5. The van der Waals surface area contributed by atoms with Crippen LogP contribution in [0.15, 0.2) is 88.7 Å². The number of phenolic OH excluding ortho intramolecular Hbond substituents is 1. The Bertz CT molecular complexity index is 1180. The Morgan fingerprint density at radius 3 is 2.19 bits per heavy atom. The molecule has 0 spiro atoms. The third-order valence-corrected chi connectivity index (χ3v) is 6.61. The van der Waals surface area contributed by atoms with E-state index in [-0.39, 0.29) is 5.41 Å². The molecule has 4 aromatic rings. The summed E-state index contributed by atoms with van der Waals surface area (Å²) >= 11 is 1.79. The minimum Gasteiger partial charge on any atom is -0.507 e. The Hall–Kier alpha value is -2.71. The Labute approximate surface area is 163 Å². The van der Waals surface area contributed by atoms with Gasteiger partial charge >= 0.3 is 0 Å². The first-order valence-electron chi connectivity index (χ1n) is 9.19. The molecule has 0 heterocycles. The molecule has 0 saturated carbocycles. The van der Waals surface area contributed by atoms with Gasteiger partial charge in [-0.15, -0.1) is 0 Å². The fraction of sp³-hybridized carbons (Fsp3) is 0.120. The van der Waals surface area contributed by atoms with E-state index in [2.05, 4.69) is 62.4 Å². The van der Waals surface area contributed by atoms with E-state index in [0.29, 0.717) is 5.75 Å². The minimum atomic E-state index is -0.139. The van der Waals surface area contributed by atoms with Gasteiger partial charge in [0.15, 0.2) is 0 Å². The molecule has 0 radical (unpaired) electrons. The summed E-state index contributed by atoms with van der Waals surface area (Å²) in [4.78, 5) is 2.49. The first-order chi connectivity index (χ1) is 13.1. The van der Waals surface area contributed by atoms with Gasteiger partial charge in [-0.25, -0.2) is 0 Å². The van der Waals surface area contributed by atoms with E-state index in [1.165, 1.54) is 32.0 Å². The van der Waals surface area contributed by atoms with E-state index in [1.807, 2.05) is 30.3 Å². The molecule has 0 fully saturated rings. The fourth-order valence-corrected chi connectivity index (χ4v) is 5.11. The molecule has 1 N–H and O–H groups in total. The van der Waals surface area contributed by atoms with Gasteiger partial charge < -0.3 is 5.11 Å². The van der Waals surface area contributed by atoms with Gasteiger partial charge in [-0.05, 0) is 58.0 Å². The lowest BCUT2D eigenvalue weighted by atomic mass is 9.82. The summed E-state index contributed by atoms with van der Waals surface area (Å²) in [6, 6.07) is 27.4. The molecule has 0 atom stereocenters. The summed E-state index contributed by atoms with van der Waals surface area (Å²) in [5.41, 5.74) is 4.94. The normalized spacial score (nSPS) is 14.1. The van der Waals surface area contributed by atoms with Crippen LogP contribution in [0.5, 0.6) is 5.75 Å². The van der Waals surface area contributed by atoms with Crippen molar-refractivity contribution < 1.29 is 5.11 Å². The maximum Gasteiger partial charge on any atom is 0.123 e. The first kappa shape index (κ1) is 16.5. The highest BCUT2D eigenvalue weighted by molar-refractivity contribution is 7.99. The molecule has 132 valence electrons. The molecule has 0 bridgehead atoms. The molecule has 0 aliphatic heterocycles. The molecule has 1 nitrogen and oxygen atoms in total. The second-order valence-electron chi connectivity index (χ2n) is 7.61. The van der Waals surface area contributed by atoms with Gasteiger partial charge in [0.2, 0.25) is 0 Å². The summed E-state index contributed by atoms with van der Waals surface area (Å²) in [7, 11) is 0. The highest BCUT2D eigenvalue weighted by Gasteiger charge is 2.37.